The molecule has 0 radical (unpaired) electrons. The molecule has 10 heteroatoms. The van der Waals surface area contributed by atoms with Gasteiger partial charge in [-0.05, 0) is 68.3 Å². The molecular weight excluding hydrogens is 598 g/mol. The van der Waals surface area contributed by atoms with Gasteiger partial charge in [0.1, 0.15) is 5.82 Å². The van der Waals surface area contributed by atoms with Crippen molar-refractivity contribution < 1.29 is 22.3 Å². The molecule has 0 N–H and O–H groups in total. The summed E-state index contributed by atoms with van der Waals surface area (Å²) < 4.78 is 50.1. The monoisotopic (exact) mass is 626 g/mol. The smallest absolute Gasteiger partial charge is 0.264 e. The summed E-state index contributed by atoms with van der Waals surface area (Å²) >= 11 is 13.0. The molecule has 1 aliphatic heterocycles. The Kier molecular flexibility index (Phi) is 8.89. The van der Waals surface area contributed by atoms with Crippen molar-refractivity contribution in [1.82, 2.24) is 0 Å². The zero-order chi connectivity index (χ0) is 30.0. The second-order valence-electron chi connectivity index (χ2n) is 10.1. The van der Waals surface area contributed by atoms with Crippen molar-refractivity contribution >= 4 is 50.5 Å². The summed E-state index contributed by atoms with van der Waals surface area (Å²) in [7, 11) is -4.25. The van der Waals surface area contributed by atoms with Crippen molar-refractivity contribution in [2.24, 2.45) is 0 Å². The highest BCUT2D eigenvalue weighted by atomic mass is 35.5. The minimum atomic E-state index is -4.25. The number of rotatable bonds is 8. The molecule has 4 aromatic carbocycles. The fourth-order valence-electron chi connectivity index (χ4n) is 5.14. The van der Waals surface area contributed by atoms with Gasteiger partial charge in [-0.25, -0.2) is 12.8 Å². The van der Waals surface area contributed by atoms with Gasteiger partial charge in [0.2, 0.25) is 0 Å². The molecule has 1 saturated heterocycles. The van der Waals surface area contributed by atoms with Crippen molar-refractivity contribution in [2.75, 3.05) is 15.8 Å². The molecule has 1 fully saturated rings. The molecule has 4 aromatic rings. The molecule has 0 bridgehead atoms. The van der Waals surface area contributed by atoms with E-state index in [-0.39, 0.29) is 38.7 Å². The number of para-hydroxylation sites is 1. The van der Waals surface area contributed by atoms with E-state index in [2.05, 4.69) is 0 Å². The van der Waals surface area contributed by atoms with Crippen LogP contribution in [0, 0.1) is 12.7 Å². The summed E-state index contributed by atoms with van der Waals surface area (Å²) in [5.74, 6) is -1.02. The van der Waals surface area contributed by atoms with Crippen LogP contribution in [0.25, 0.3) is 0 Å². The van der Waals surface area contributed by atoms with E-state index < -0.39 is 27.8 Å². The van der Waals surface area contributed by atoms with Crippen LogP contribution in [0.5, 0.6) is 0 Å². The van der Waals surface area contributed by atoms with E-state index in [0.29, 0.717) is 24.4 Å². The average Bonchev–Trinajstić information content (AvgIpc) is 3.40. The van der Waals surface area contributed by atoms with E-state index in [1.807, 2.05) is 37.3 Å². The van der Waals surface area contributed by atoms with E-state index in [9.17, 15) is 17.6 Å². The lowest BCUT2D eigenvalue weighted by atomic mass is 10.0. The minimum absolute atomic E-state index is 0.00432. The van der Waals surface area contributed by atoms with Crippen LogP contribution >= 0.6 is 23.2 Å². The molecule has 1 heterocycles. The van der Waals surface area contributed by atoms with Crippen molar-refractivity contribution in [3.8, 4) is 0 Å². The van der Waals surface area contributed by atoms with Crippen molar-refractivity contribution in [3.05, 3.63) is 124 Å². The van der Waals surface area contributed by atoms with Gasteiger partial charge in [-0.3, -0.25) is 9.10 Å². The van der Waals surface area contributed by atoms with Gasteiger partial charge in [-0.2, -0.15) is 0 Å². The molecule has 5 rings (SSSR count). The Balaban J connectivity index is 1.61. The lowest BCUT2D eigenvalue weighted by molar-refractivity contribution is 0.0925. The van der Waals surface area contributed by atoms with Gasteiger partial charge in [0, 0.05) is 12.2 Å². The van der Waals surface area contributed by atoms with E-state index in [4.69, 9.17) is 27.9 Å². The van der Waals surface area contributed by atoms with Crippen LogP contribution in [0.1, 0.15) is 34.8 Å². The molecule has 0 aliphatic carbocycles. The predicted octanol–water partition coefficient (Wildman–Crippen LogP) is 7.66. The van der Waals surface area contributed by atoms with E-state index in [0.717, 1.165) is 5.56 Å². The SMILES string of the molecule is Cc1c(F)cccc1N(C(=O)c1cc(S(=O)(=O)N(Cc2ccccc2)c2ccccc2Cl)ccc1Cl)C1CCOC1C. The molecule has 0 saturated carbocycles. The second-order valence-corrected chi connectivity index (χ2v) is 12.8. The highest BCUT2D eigenvalue weighted by molar-refractivity contribution is 7.92. The summed E-state index contributed by atoms with van der Waals surface area (Å²) in [6.07, 6.45) is 0.194. The Labute approximate surface area is 255 Å². The summed E-state index contributed by atoms with van der Waals surface area (Å²) in [5, 5.41) is 0.321. The number of halogens is 3. The zero-order valence-corrected chi connectivity index (χ0v) is 25.3. The zero-order valence-electron chi connectivity index (χ0n) is 23.0. The number of sulfonamides is 1. The predicted molar refractivity (Wildman–Crippen MR) is 164 cm³/mol. The number of ether oxygens (including phenoxy) is 1. The maximum absolute atomic E-state index is 14.7. The van der Waals surface area contributed by atoms with Crippen LogP contribution in [0.3, 0.4) is 0 Å². The van der Waals surface area contributed by atoms with Crippen molar-refractivity contribution in [1.29, 1.82) is 0 Å². The number of hydrogen-bond donors (Lipinski definition) is 0. The number of amides is 1. The number of anilines is 2. The Morgan fingerprint density at radius 2 is 1.62 bits per heavy atom. The first-order valence-corrected chi connectivity index (χ1v) is 15.6. The van der Waals surface area contributed by atoms with Crippen LogP contribution in [-0.2, 0) is 21.3 Å². The van der Waals surface area contributed by atoms with E-state index >= 15 is 0 Å². The molecular formula is C32H29Cl2FN2O4S. The molecule has 0 aromatic heterocycles. The molecule has 1 aliphatic rings. The Hall–Kier alpha value is -3.43. The van der Waals surface area contributed by atoms with Crippen LogP contribution < -0.4 is 9.21 Å². The lowest BCUT2D eigenvalue weighted by Crippen LogP contribution is -2.45. The van der Waals surface area contributed by atoms with Gasteiger partial charge >= 0.3 is 0 Å². The fraction of sp³-hybridized carbons (Fsp3) is 0.219. The number of nitrogens with zero attached hydrogens (tertiary/aromatic N) is 2. The highest BCUT2D eigenvalue weighted by Gasteiger charge is 2.37. The van der Waals surface area contributed by atoms with Crippen LogP contribution in [0.15, 0.2) is 95.9 Å². The first-order valence-electron chi connectivity index (χ1n) is 13.4. The Morgan fingerprint density at radius 1 is 0.929 bits per heavy atom. The Bertz CT molecular complexity index is 1720. The largest absolute Gasteiger partial charge is 0.376 e. The van der Waals surface area contributed by atoms with Gasteiger partial charge < -0.3 is 9.64 Å². The number of benzene rings is 4. The third-order valence-corrected chi connectivity index (χ3v) is 9.84. The number of carbonyl (C=O) groups excluding carboxylic acids is 1. The van der Waals surface area contributed by atoms with E-state index in [1.165, 1.54) is 39.5 Å². The molecule has 42 heavy (non-hydrogen) atoms. The molecule has 218 valence electrons. The normalized spacial score (nSPS) is 16.8. The Morgan fingerprint density at radius 3 is 2.31 bits per heavy atom. The maximum atomic E-state index is 14.7. The molecule has 2 atom stereocenters. The molecule has 0 spiro atoms. The van der Waals surface area contributed by atoms with Crippen molar-refractivity contribution in [2.45, 2.75) is 43.9 Å². The first-order chi connectivity index (χ1) is 20.1. The van der Waals surface area contributed by atoms with Gasteiger partial charge in [0.25, 0.3) is 15.9 Å². The summed E-state index contributed by atoms with van der Waals surface area (Å²) in [6, 6.07) is 23.9. The van der Waals surface area contributed by atoms with Crippen LogP contribution in [-0.4, -0.2) is 33.1 Å². The van der Waals surface area contributed by atoms with E-state index in [1.54, 1.807) is 37.3 Å². The number of carbonyl (C=O) groups is 1. The third kappa shape index (κ3) is 5.90. The molecule has 1 amide bonds. The fourth-order valence-corrected chi connectivity index (χ4v) is 7.13. The average molecular weight is 628 g/mol. The maximum Gasteiger partial charge on any atom is 0.264 e. The quantitative estimate of drug-likeness (QED) is 0.201. The molecule has 2 unspecified atom stereocenters. The van der Waals surface area contributed by atoms with Gasteiger partial charge in [0.15, 0.2) is 0 Å². The lowest BCUT2D eigenvalue weighted by Gasteiger charge is -2.32. The van der Waals surface area contributed by atoms with Crippen molar-refractivity contribution in [3.63, 3.8) is 0 Å². The van der Waals surface area contributed by atoms with Gasteiger partial charge in [-0.15, -0.1) is 0 Å². The van der Waals surface area contributed by atoms with Gasteiger partial charge in [-0.1, -0.05) is 71.7 Å². The summed E-state index contributed by atoms with van der Waals surface area (Å²) in [6.45, 7) is 3.88. The topological polar surface area (TPSA) is 66.9 Å². The van der Waals surface area contributed by atoms with Crippen LogP contribution in [0.4, 0.5) is 15.8 Å². The first kappa shape index (κ1) is 30.0. The second kappa shape index (κ2) is 12.4. The molecule has 6 nitrogen and oxygen atoms in total. The summed E-state index contributed by atoms with van der Waals surface area (Å²) in [5.41, 5.74) is 1.67. The van der Waals surface area contributed by atoms with Crippen LogP contribution in [0.2, 0.25) is 10.0 Å². The standard InChI is InChI=1S/C32H29Cl2FN2O4S/c1-21-28(35)12-8-14-29(21)37(30-17-18-41-22(30)2)32(38)25-19-24(15-16-26(25)33)42(39,40)36(20-23-9-4-3-5-10-23)31-13-7-6-11-27(31)34/h3-16,19,22,30H,17-18,20H2,1-2H3. The third-order valence-electron chi connectivity index (χ3n) is 7.43. The van der Waals surface area contributed by atoms with Gasteiger partial charge in [0.05, 0.1) is 50.6 Å². The number of hydrogen-bond acceptors (Lipinski definition) is 4. The summed E-state index contributed by atoms with van der Waals surface area (Å²) in [4.78, 5) is 15.6. The minimum Gasteiger partial charge on any atom is -0.376 e. The highest BCUT2D eigenvalue weighted by Crippen LogP contribution is 2.36.